The third-order valence-electron chi connectivity index (χ3n) is 3.47. The molecule has 5 nitrogen and oxygen atoms in total. The zero-order valence-corrected chi connectivity index (χ0v) is 13.4. The second kappa shape index (κ2) is 9.99. The Kier molecular flexibility index (Phi) is 8.32. The SMILES string of the molecule is CCCC(CCO)CNC(=O)Nc1c(C)cccc1OC(F)F. The molecule has 1 atom stereocenters. The van der Waals surface area contributed by atoms with Crippen LogP contribution >= 0.6 is 0 Å². The molecule has 0 saturated heterocycles. The molecule has 0 aliphatic heterocycles. The number of amides is 2. The molecular weight excluding hydrogens is 306 g/mol. The molecule has 130 valence electrons. The van der Waals surface area contributed by atoms with Gasteiger partial charge in [0.1, 0.15) is 5.75 Å². The molecule has 0 heterocycles. The molecule has 0 saturated carbocycles. The monoisotopic (exact) mass is 330 g/mol. The van der Waals surface area contributed by atoms with Gasteiger partial charge < -0.3 is 20.5 Å². The number of ether oxygens (including phenoxy) is 1. The van der Waals surface area contributed by atoms with Gasteiger partial charge in [-0.2, -0.15) is 8.78 Å². The zero-order chi connectivity index (χ0) is 17.2. The van der Waals surface area contributed by atoms with Crippen molar-refractivity contribution in [2.75, 3.05) is 18.5 Å². The second-order valence-corrected chi connectivity index (χ2v) is 5.33. The number of carbonyl (C=O) groups excluding carboxylic acids is 1. The smallest absolute Gasteiger partial charge is 0.387 e. The van der Waals surface area contributed by atoms with Crippen LogP contribution in [0.3, 0.4) is 0 Å². The number of aliphatic hydroxyl groups excluding tert-OH is 1. The van der Waals surface area contributed by atoms with Crippen molar-refractivity contribution >= 4 is 11.7 Å². The molecule has 0 aromatic heterocycles. The van der Waals surface area contributed by atoms with Crippen LogP contribution in [-0.2, 0) is 0 Å². The van der Waals surface area contributed by atoms with E-state index < -0.39 is 12.6 Å². The van der Waals surface area contributed by atoms with E-state index in [1.165, 1.54) is 6.07 Å². The van der Waals surface area contributed by atoms with Gasteiger partial charge in [0.25, 0.3) is 0 Å². The van der Waals surface area contributed by atoms with Gasteiger partial charge in [-0.1, -0.05) is 25.5 Å². The Bertz CT molecular complexity index is 492. The van der Waals surface area contributed by atoms with Crippen LogP contribution in [-0.4, -0.2) is 30.9 Å². The van der Waals surface area contributed by atoms with Crippen molar-refractivity contribution < 1.29 is 23.4 Å². The number of anilines is 1. The fourth-order valence-corrected chi connectivity index (χ4v) is 2.33. The summed E-state index contributed by atoms with van der Waals surface area (Å²) in [5.41, 5.74) is 0.846. The standard InChI is InChI=1S/C16H24F2N2O3/c1-3-5-12(8-9-21)10-19-16(22)20-14-11(2)6-4-7-13(14)23-15(17)18/h4,6-7,12,15,21H,3,5,8-10H2,1-2H3,(H2,19,20,22). The number of halogens is 2. The van der Waals surface area contributed by atoms with Crippen LogP contribution in [0.4, 0.5) is 19.3 Å². The fraction of sp³-hybridized carbons (Fsp3) is 0.562. The third-order valence-corrected chi connectivity index (χ3v) is 3.47. The lowest BCUT2D eigenvalue weighted by Gasteiger charge is -2.18. The van der Waals surface area contributed by atoms with Crippen molar-refractivity contribution in [3.63, 3.8) is 0 Å². The lowest BCUT2D eigenvalue weighted by atomic mass is 10.0. The van der Waals surface area contributed by atoms with Gasteiger partial charge in [0.2, 0.25) is 0 Å². The summed E-state index contributed by atoms with van der Waals surface area (Å²) in [6.45, 7) is 1.25. The maximum Gasteiger partial charge on any atom is 0.387 e. The van der Waals surface area contributed by atoms with Gasteiger partial charge >= 0.3 is 12.6 Å². The van der Waals surface area contributed by atoms with Crippen LogP contribution in [0.1, 0.15) is 31.7 Å². The Labute approximate surface area is 135 Å². The molecule has 7 heteroatoms. The van der Waals surface area contributed by atoms with E-state index >= 15 is 0 Å². The largest absolute Gasteiger partial charge is 0.433 e. The van der Waals surface area contributed by atoms with Gasteiger partial charge in [0.15, 0.2) is 0 Å². The number of nitrogens with one attached hydrogen (secondary N) is 2. The number of carbonyl (C=O) groups is 1. The molecule has 1 aromatic carbocycles. The number of benzene rings is 1. The van der Waals surface area contributed by atoms with Crippen molar-refractivity contribution in [1.82, 2.24) is 5.32 Å². The minimum Gasteiger partial charge on any atom is -0.433 e. The number of para-hydroxylation sites is 1. The molecule has 1 aromatic rings. The molecule has 1 rings (SSSR count). The number of alkyl halides is 2. The molecule has 1 unspecified atom stereocenters. The maximum atomic E-state index is 12.4. The van der Waals surface area contributed by atoms with Crippen LogP contribution in [0, 0.1) is 12.8 Å². The second-order valence-electron chi connectivity index (χ2n) is 5.33. The summed E-state index contributed by atoms with van der Waals surface area (Å²) in [4.78, 5) is 12.0. The van der Waals surface area contributed by atoms with E-state index in [1.54, 1.807) is 19.1 Å². The van der Waals surface area contributed by atoms with Gasteiger partial charge in [0.05, 0.1) is 5.69 Å². The molecule has 0 aliphatic rings. The molecule has 23 heavy (non-hydrogen) atoms. The summed E-state index contributed by atoms with van der Waals surface area (Å²) < 4.78 is 29.3. The molecule has 0 spiro atoms. The number of rotatable bonds is 9. The van der Waals surface area contributed by atoms with Crippen LogP contribution in [0.25, 0.3) is 0 Å². The summed E-state index contributed by atoms with van der Waals surface area (Å²) in [7, 11) is 0. The Morgan fingerprint density at radius 3 is 2.70 bits per heavy atom. The Hall–Kier alpha value is -1.89. The minimum absolute atomic E-state index is 0.0676. The first-order valence-corrected chi connectivity index (χ1v) is 7.68. The average Bonchev–Trinajstić information content (AvgIpc) is 2.48. The summed E-state index contributed by atoms with van der Waals surface area (Å²) in [5.74, 6) is 0.111. The first-order chi connectivity index (χ1) is 11.0. The number of aryl methyl sites for hydroxylation is 1. The van der Waals surface area contributed by atoms with Gasteiger partial charge in [0, 0.05) is 13.2 Å². The zero-order valence-electron chi connectivity index (χ0n) is 13.4. The van der Waals surface area contributed by atoms with Gasteiger partial charge in [-0.15, -0.1) is 0 Å². The summed E-state index contributed by atoms with van der Waals surface area (Å²) in [6, 6.07) is 4.16. The summed E-state index contributed by atoms with van der Waals surface area (Å²) in [6.07, 6.45) is 2.46. The maximum absolute atomic E-state index is 12.4. The molecule has 3 N–H and O–H groups in total. The Morgan fingerprint density at radius 2 is 2.09 bits per heavy atom. The van der Waals surface area contributed by atoms with Crippen molar-refractivity contribution in [1.29, 1.82) is 0 Å². The van der Waals surface area contributed by atoms with Crippen LogP contribution in [0.2, 0.25) is 0 Å². The predicted molar refractivity (Wildman–Crippen MR) is 84.9 cm³/mol. The minimum atomic E-state index is -2.96. The summed E-state index contributed by atoms with van der Waals surface area (Å²) in [5, 5.41) is 14.3. The average molecular weight is 330 g/mol. The molecule has 0 fully saturated rings. The summed E-state index contributed by atoms with van der Waals surface area (Å²) >= 11 is 0. The van der Waals surface area contributed by atoms with E-state index in [9.17, 15) is 13.6 Å². The number of aliphatic hydroxyl groups is 1. The van der Waals surface area contributed by atoms with Crippen LogP contribution < -0.4 is 15.4 Å². The quantitative estimate of drug-likeness (QED) is 0.649. The predicted octanol–water partition coefficient (Wildman–Crippen LogP) is 3.52. The van der Waals surface area contributed by atoms with E-state index in [4.69, 9.17) is 5.11 Å². The normalized spacial score (nSPS) is 12.1. The Balaban J connectivity index is 2.66. The highest BCUT2D eigenvalue weighted by Gasteiger charge is 2.15. The first-order valence-electron chi connectivity index (χ1n) is 7.68. The lowest BCUT2D eigenvalue weighted by Crippen LogP contribution is -2.33. The Morgan fingerprint density at radius 1 is 1.35 bits per heavy atom. The van der Waals surface area contributed by atoms with Crippen molar-refractivity contribution in [2.24, 2.45) is 5.92 Å². The van der Waals surface area contributed by atoms with E-state index in [2.05, 4.69) is 15.4 Å². The highest BCUT2D eigenvalue weighted by molar-refractivity contribution is 5.91. The number of urea groups is 1. The van der Waals surface area contributed by atoms with Crippen LogP contribution in [0.15, 0.2) is 18.2 Å². The third kappa shape index (κ3) is 6.81. The van der Waals surface area contributed by atoms with E-state index in [-0.39, 0.29) is 24.0 Å². The van der Waals surface area contributed by atoms with Crippen LogP contribution in [0.5, 0.6) is 5.75 Å². The van der Waals surface area contributed by atoms with Gasteiger partial charge in [-0.3, -0.25) is 0 Å². The number of hydrogen-bond donors (Lipinski definition) is 3. The van der Waals surface area contributed by atoms with E-state index in [0.29, 0.717) is 18.5 Å². The molecule has 0 aliphatic carbocycles. The van der Waals surface area contributed by atoms with E-state index in [1.807, 2.05) is 6.92 Å². The molecule has 2 amide bonds. The van der Waals surface area contributed by atoms with Gasteiger partial charge in [-0.25, -0.2) is 4.79 Å². The highest BCUT2D eigenvalue weighted by atomic mass is 19.3. The number of hydrogen-bond acceptors (Lipinski definition) is 3. The van der Waals surface area contributed by atoms with E-state index in [0.717, 1.165) is 12.8 Å². The molecule has 0 bridgehead atoms. The molecule has 0 radical (unpaired) electrons. The van der Waals surface area contributed by atoms with Crippen molar-refractivity contribution in [3.05, 3.63) is 23.8 Å². The highest BCUT2D eigenvalue weighted by Crippen LogP contribution is 2.29. The van der Waals surface area contributed by atoms with Gasteiger partial charge in [-0.05, 0) is 37.3 Å². The fourth-order valence-electron chi connectivity index (χ4n) is 2.33. The van der Waals surface area contributed by atoms with Crippen molar-refractivity contribution in [2.45, 2.75) is 39.7 Å². The topological polar surface area (TPSA) is 70.6 Å². The molecular formula is C16H24F2N2O3. The van der Waals surface area contributed by atoms with Crippen molar-refractivity contribution in [3.8, 4) is 5.75 Å². The lowest BCUT2D eigenvalue weighted by molar-refractivity contribution is -0.0493. The first kappa shape index (κ1) is 19.2.